The van der Waals surface area contributed by atoms with Crippen molar-refractivity contribution in [1.82, 2.24) is 24.5 Å². The van der Waals surface area contributed by atoms with E-state index in [1.54, 1.807) is 4.68 Å². The van der Waals surface area contributed by atoms with Crippen molar-refractivity contribution in [1.29, 1.82) is 5.26 Å². The smallest absolute Gasteiger partial charge is 0.268 e. The minimum absolute atomic E-state index is 0.0131. The fraction of sp³-hybridized carbons (Fsp3) is 0.238. The van der Waals surface area contributed by atoms with Gasteiger partial charge in [0.1, 0.15) is 28.8 Å². The third kappa shape index (κ3) is 3.11. The van der Waals surface area contributed by atoms with E-state index in [9.17, 15) is 14.4 Å². The van der Waals surface area contributed by atoms with Crippen molar-refractivity contribution in [3.63, 3.8) is 0 Å². The molecule has 0 unspecified atom stereocenters. The first kappa shape index (κ1) is 20.2. The predicted octanol–water partition coefficient (Wildman–Crippen LogP) is 2.55. The number of para-hydroxylation sites is 1. The molecule has 0 spiro atoms. The van der Waals surface area contributed by atoms with Gasteiger partial charge in [0.05, 0.1) is 16.8 Å². The number of nitrogens with one attached hydrogen (secondary N) is 1. The van der Waals surface area contributed by atoms with Crippen LogP contribution in [0.1, 0.15) is 19.4 Å². The molecule has 4 rings (SSSR count). The Morgan fingerprint density at radius 2 is 2.10 bits per heavy atom. The third-order valence-corrected chi connectivity index (χ3v) is 5.37. The van der Waals surface area contributed by atoms with Crippen LogP contribution in [0.4, 0.5) is 16.0 Å². The minimum Gasteiger partial charge on any atom is -0.382 e. The summed E-state index contributed by atoms with van der Waals surface area (Å²) in [5.74, 6) is 0.141. The van der Waals surface area contributed by atoms with Crippen molar-refractivity contribution in [2.45, 2.75) is 19.9 Å². The lowest BCUT2D eigenvalue weighted by molar-refractivity contribution is 0.616. The fourth-order valence-corrected chi connectivity index (χ4v) is 3.53. The van der Waals surface area contributed by atoms with E-state index >= 15 is 0 Å². The molecule has 0 radical (unpaired) electrons. The van der Waals surface area contributed by atoms with Gasteiger partial charge < -0.3 is 10.6 Å². The Balaban J connectivity index is 2.06. The molecule has 10 heteroatoms. The summed E-state index contributed by atoms with van der Waals surface area (Å²) in [6.07, 6.45) is 1.46. The molecule has 0 bridgehead atoms. The van der Waals surface area contributed by atoms with Crippen LogP contribution in [0.3, 0.4) is 0 Å². The molecule has 0 fully saturated rings. The molecule has 0 amide bonds. The topological polar surface area (TPSA) is 122 Å². The molecule has 9 nitrogen and oxygen atoms in total. The second-order valence-electron chi connectivity index (χ2n) is 7.54. The molecule has 4 aromatic rings. The van der Waals surface area contributed by atoms with E-state index in [2.05, 4.69) is 34.0 Å². The summed E-state index contributed by atoms with van der Waals surface area (Å²) in [5.41, 5.74) is 6.69. The number of hydrogen-bond donors (Lipinski definition) is 2. The molecular weight excluding hydrogens is 399 g/mol. The van der Waals surface area contributed by atoms with Crippen LogP contribution < -0.4 is 16.2 Å². The summed E-state index contributed by atoms with van der Waals surface area (Å²) < 4.78 is 17.6. The van der Waals surface area contributed by atoms with Crippen molar-refractivity contribution in [2.75, 3.05) is 17.7 Å². The molecule has 1 aromatic carbocycles. The number of halogens is 1. The quantitative estimate of drug-likeness (QED) is 0.523. The predicted molar refractivity (Wildman–Crippen MR) is 117 cm³/mol. The zero-order valence-electron chi connectivity index (χ0n) is 17.5. The van der Waals surface area contributed by atoms with Gasteiger partial charge in [-0.25, -0.2) is 4.39 Å². The Morgan fingerprint density at radius 1 is 1.35 bits per heavy atom. The van der Waals surface area contributed by atoms with Crippen LogP contribution in [0, 0.1) is 17.1 Å². The second kappa shape index (κ2) is 7.28. The number of benzene rings is 1. The lowest BCUT2D eigenvalue weighted by Gasteiger charge is -2.22. The highest BCUT2D eigenvalue weighted by Gasteiger charge is 2.22. The first-order chi connectivity index (χ1) is 14.7. The Morgan fingerprint density at radius 3 is 2.77 bits per heavy atom. The average molecular weight is 420 g/mol. The number of rotatable bonds is 4. The van der Waals surface area contributed by atoms with Crippen molar-refractivity contribution >= 4 is 22.5 Å². The number of nitrogens with two attached hydrogens (primary N) is 1. The first-order valence-electron chi connectivity index (χ1n) is 9.60. The lowest BCUT2D eigenvalue weighted by Crippen LogP contribution is -2.27. The maximum atomic E-state index is 14.7. The zero-order chi connectivity index (χ0) is 22.4. The number of nitrogen functional groups attached to an aromatic ring is 1. The van der Waals surface area contributed by atoms with Gasteiger partial charge in [-0.2, -0.15) is 15.5 Å². The molecule has 31 heavy (non-hydrogen) atoms. The maximum Gasteiger partial charge on any atom is 0.268 e. The van der Waals surface area contributed by atoms with Crippen LogP contribution in [0.15, 0.2) is 35.3 Å². The van der Waals surface area contributed by atoms with E-state index in [1.807, 2.05) is 26.2 Å². The van der Waals surface area contributed by atoms with Crippen LogP contribution in [0.5, 0.6) is 0 Å². The molecule has 3 N–H and O–H groups in total. The molecule has 0 aliphatic carbocycles. The number of hydrogen-bond acceptors (Lipinski definition) is 6. The summed E-state index contributed by atoms with van der Waals surface area (Å²) in [6.45, 7) is 4.12. The van der Waals surface area contributed by atoms with Gasteiger partial charge in [-0.15, -0.1) is 0 Å². The number of H-pyrrole nitrogens is 1. The monoisotopic (exact) mass is 420 g/mol. The Labute approximate surface area is 177 Å². The van der Waals surface area contributed by atoms with E-state index in [0.717, 1.165) is 10.4 Å². The summed E-state index contributed by atoms with van der Waals surface area (Å²) in [6, 6.07) is 8.10. The Hall–Kier alpha value is -4.13. The standard InChI is InChI=1S/C21H21FN8O/c1-11(2)28(3)16-8-15(27-29(16)4)13-10-30(19-12(9-23)6-5-7-14(19)22)21(31)17-18(13)25-26-20(17)24/h5-8,10-11H,1-4H3,(H3,24,25,26). The van der Waals surface area contributed by atoms with Gasteiger partial charge in [-0.05, 0) is 26.0 Å². The highest BCUT2D eigenvalue weighted by molar-refractivity contribution is 5.98. The van der Waals surface area contributed by atoms with Crippen molar-refractivity contribution in [2.24, 2.45) is 7.05 Å². The van der Waals surface area contributed by atoms with E-state index in [0.29, 0.717) is 16.8 Å². The summed E-state index contributed by atoms with van der Waals surface area (Å²) in [4.78, 5) is 15.2. The third-order valence-electron chi connectivity index (χ3n) is 5.37. The number of nitriles is 1. The largest absolute Gasteiger partial charge is 0.382 e. The summed E-state index contributed by atoms with van der Waals surface area (Å²) >= 11 is 0. The van der Waals surface area contributed by atoms with Crippen LogP contribution in [-0.2, 0) is 7.05 Å². The van der Waals surface area contributed by atoms with Crippen LogP contribution >= 0.6 is 0 Å². The maximum absolute atomic E-state index is 14.7. The van der Waals surface area contributed by atoms with Gasteiger partial charge in [0.25, 0.3) is 5.56 Å². The van der Waals surface area contributed by atoms with Crippen molar-refractivity contribution in [3.8, 4) is 23.0 Å². The molecule has 0 aliphatic rings. The number of nitrogens with zero attached hydrogens (tertiary/aromatic N) is 6. The average Bonchev–Trinajstić information content (AvgIpc) is 3.31. The molecule has 3 aromatic heterocycles. The Kier molecular flexibility index (Phi) is 4.74. The summed E-state index contributed by atoms with van der Waals surface area (Å²) in [5, 5.41) is 20.9. The van der Waals surface area contributed by atoms with Gasteiger partial charge in [0.15, 0.2) is 5.82 Å². The highest BCUT2D eigenvalue weighted by Crippen LogP contribution is 2.31. The Bertz CT molecular complexity index is 1410. The normalized spacial score (nSPS) is 11.3. The SMILES string of the molecule is CC(C)N(C)c1cc(-c2cn(-c3c(F)cccc3C#N)c(=O)c3c(N)n[nH]c23)nn1C. The van der Waals surface area contributed by atoms with Crippen LogP contribution in [0.25, 0.3) is 27.8 Å². The van der Waals surface area contributed by atoms with Crippen LogP contribution in [-0.4, -0.2) is 37.6 Å². The van der Waals surface area contributed by atoms with E-state index in [4.69, 9.17) is 5.73 Å². The fourth-order valence-electron chi connectivity index (χ4n) is 3.53. The summed E-state index contributed by atoms with van der Waals surface area (Å²) in [7, 11) is 3.77. The zero-order valence-corrected chi connectivity index (χ0v) is 17.5. The number of pyridine rings is 1. The van der Waals surface area contributed by atoms with E-state index < -0.39 is 11.4 Å². The first-order valence-corrected chi connectivity index (χ1v) is 9.60. The lowest BCUT2D eigenvalue weighted by atomic mass is 10.1. The number of fused-ring (bicyclic) bond motifs is 1. The number of anilines is 2. The molecule has 3 heterocycles. The van der Waals surface area contributed by atoms with Gasteiger partial charge in [0.2, 0.25) is 0 Å². The number of aryl methyl sites for hydroxylation is 1. The molecule has 0 aliphatic heterocycles. The minimum atomic E-state index is -0.699. The second-order valence-corrected chi connectivity index (χ2v) is 7.54. The number of aromatic amines is 1. The van der Waals surface area contributed by atoms with Gasteiger partial charge in [0, 0.05) is 38.0 Å². The molecule has 0 saturated heterocycles. The number of aromatic nitrogens is 5. The van der Waals surface area contributed by atoms with Gasteiger partial charge >= 0.3 is 0 Å². The van der Waals surface area contributed by atoms with Crippen LogP contribution in [0.2, 0.25) is 0 Å². The van der Waals surface area contributed by atoms with Crippen molar-refractivity contribution in [3.05, 3.63) is 52.2 Å². The molecule has 0 atom stereocenters. The van der Waals surface area contributed by atoms with Gasteiger partial charge in [-0.3, -0.25) is 19.1 Å². The molecule has 158 valence electrons. The highest BCUT2D eigenvalue weighted by atomic mass is 19.1. The van der Waals surface area contributed by atoms with E-state index in [-0.39, 0.29) is 28.5 Å². The van der Waals surface area contributed by atoms with E-state index in [1.165, 1.54) is 24.4 Å². The van der Waals surface area contributed by atoms with Gasteiger partial charge in [-0.1, -0.05) is 6.07 Å². The molecular formula is C21H21FN8O. The molecule has 0 saturated carbocycles. The van der Waals surface area contributed by atoms with Crippen molar-refractivity contribution < 1.29 is 4.39 Å².